The van der Waals surface area contributed by atoms with Crippen LogP contribution in [0.4, 0.5) is 0 Å². The van der Waals surface area contributed by atoms with Gasteiger partial charge in [-0.15, -0.1) is 22.7 Å². The van der Waals surface area contributed by atoms with Crippen molar-refractivity contribution in [2.75, 3.05) is 13.7 Å². The fraction of sp³-hybridized carbons (Fsp3) is 0.211. The van der Waals surface area contributed by atoms with Crippen LogP contribution in [0.5, 0.6) is 5.75 Å². The number of halogens is 1. The largest absolute Gasteiger partial charge is 0.483 e. The van der Waals surface area contributed by atoms with Crippen LogP contribution in [0, 0.1) is 6.92 Å². The second kappa shape index (κ2) is 7.42. The van der Waals surface area contributed by atoms with Crippen LogP contribution < -0.4 is 4.74 Å². The lowest BCUT2D eigenvalue weighted by Crippen LogP contribution is -2.31. The summed E-state index contributed by atoms with van der Waals surface area (Å²) in [6.45, 7) is 2.42. The van der Waals surface area contributed by atoms with E-state index >= 15 is 0 Å². The van der Waals surface area contributed by atoms with Gasteiger partial charge in [0, 0.05) is 31.2 Å². The zero-order valence-corrected chi connectivity index (χ0v) is 17.1. The number of hydrogen-bond acceptors (Lipinski definition) is 6. The van der Waals surface area contributed by atoms with Crippen LogP contribution in [0.15, 0.2) is 35.8 Å². The summed E-state index contributed by atoms with van der Waals surface area (Å²) < 4.78 is 8.06. The van der Waals surface area contributed by atoms with Crippen LogP contribution in [0.1, 0.15) is 10.6 Å². The number of thiophene rings is 1. The van der Waals surface area contributed by atoms with Gasteiger partial charge in [-0.05, 0) is 30.0 Å². The highest BCUT2D eigenvalue weighted by atomic mass is 35.5. The molecule has 0 saturated heterocycles. The van der Waals surface area contributed by atoms with Gasteiger partial charge in [0.1, 0.15) is 10.9 Å². The molecule has 0 aliphatic rings. The maximum absolute atomic E-state index is 12.5. The zero-order valence-electron chi connectivity index (χ0n) is 14.7. The minimum absolute atomic E-state index is 0.0221. The molecule has 3 heterocycles. The fourth-order valence-electron chi connectivity index (χ4n) is 2.82. The maximum Gasteiger partial charge on any atom is 0.260 e. The molecule has 0 N–H and O–H groups in total. The third-order valence-corrected chi connectivity index (χ3v) is 6.22. The number of nitrogens with zero attached hydrogens (tertiary/aromatic N) is 3. The summed E-state index contributed by atoms with van der Waals surface area (Å²) in [7, 11) is 1.75. The molecule has 4 rings (SSSR count). The van der Waals surface area contributed by atoms with E-state index in [1.165, 1.54) is 0 Å². The number of aromatic nitrogens is 2. The monoisotopic (exact) mass is 417 g/mol. The molecule has 0 spiro atoms. The Kier molecular flexibility index (Phi) is 4.99. The number of thiazole rings is 1. The normalized spacial score (nSPS) is 11.2. The third kappa shape index (κ3) is 3.76. The van der Waals surface area contributed by atoms with Crippen LogP contribution in [0.25, 0.3) is 20.3 Å². The molecule has 0 bridgehead atoms. The topological polar surface area (TPSA) is 55.3 Å². The lowest BCUT2D eigenvalue weighted by atomic mass is 10.2. The number of benzene rings is 1. The number of likely N-dealkylation sites (N-methyl/N-ethyl adjacent to an activating group) is 1. The molecule has 138 valence electrons. The second-order valence-electron chi connectivity index (χ2n) is 6.15. The van der Waals surface area contributed by atoms with E-state index in [0.717, 1.165) is 36.6 Å². The Hall–Kier alpha value is -2.22. The minimum Gasteiger partial charge on any atom is -0.483 e. The van der Waals surface area contributed by atoms with Crippen molar-refractivity contribution in [3.63, 3.8) is 0 Å². The fourth-order valence-corrected chi connectivity index (χ4v) is 4.76. The molecule has 0 radical (unpaired) electrons. The van der Waals surface area contributed by atoms with Gasteiger partial charge >= 0.3 is 0 Å². The highest BCUT2D eigenvalue weighted by Crippen LogP contribution is 2.38. The predicted octanol–water partition coefficient (Wildman–Crippen LogP) is 4.91. The van der Waals surface area contributed by atoms with Gasteiger partial charge in [-0.3, -0.25) is 4.79 Å². The first-order valence-electron chi connectivity index (χ1n) is 8.26. The van der Waals surface area contributed by atoms with Crippen molar-refractivity contribution >= 4 is 60.5 Å². The molecule has 27 heavy (non-hydrogen) atoms. The van der Waals surface area contributed by atoms with Crippen LogP contribution in [-0.4, -0.2) is 34.4 Å². The van der Waals surface area contributed by atoms with Crippen LogP contribution in [0.2, 0.25) is 5.15 Å². The molecule has 0 saturated carbocycles. The number of rotatable bonds is 5. The van der Waals surface area contributed by atoms with E-state index < -0.39 is 0 Å². The van der Waals surface area contributed by atoms with E-state index in [1.54, 1.807) is 46.9 Å². The van der Waals surface area contributed by atoms with Crippen molar-refractivity contribution in [3.05, 3.63) is 51.6 Å². The predicted molar refractivity (Wildman–Crippen MR) is 111 cm³/mol. The molecule has 0 aliphatic heterocycles. The van der Waals surface area contributed by atoms with Crippen LogP contribution in [-0.2, 0) is 11.3 Å². The van der Waals surface area contributed by atoms with E-state index in [-0.39, 0.29) is 12.5 Å². The van der Waals surface area contributed by atoms with Gasteiger partial charge in [-0.1, -0.05) is 17.7 Å². The smallest absolute Gasteiger partial charge is 0.260 e. The number of fused-ring (bicyclic) bond motifs is 3. The Bertz CT molecular complexity index is 1120. The Morgan fingerprint density at radius 3 is 2.96 bits per heavy atom. The number of carbonyl (C=O) groups is 1. The molecule has 5 nitrogen and oxygen atoms in total. The summed E-state index contributed by atoms with van der Waals surface area (Å²) in [4.78, 5) is 22.7. The van der Waals surface area contributed by atoms with Gasteiger partial charge in [0.05, 0.1) is 19.9 Å². The molecular formula is C19H16ClN3O2S2. The summed E-state index contributed by atoms with van der Waals surface area (Å²) in [5, 5.41) is 4.47. The van der Waals surface area contributed by atoms with Crippen molar-refractivity contribution in [3.8, 4) is 5.75 Å². The van der Waals surface area contributed by atoms with Gasteiger partial charge in [0.2, 0.25) is 0 Å². The summed E-state index contributed by atoms with van der Waals surface area (Å²) >= 11 is 9.06. The Balaban J connectivity index is 1.49. The van der Waals surface area contributed by atoms with E-state index in [2.05, 4.69) is 9.97 Å². The molecule has 1 amide bonds. The molecule has 0 aliphatic carbocycles. The highest BCUT2D eigenvalue weighted by Gasteiger charge is 2.15. The maximum atomic E-state index is 12.5. The molecule has 0 unspecified atom stereocenters. The van der Waals surface area contributed by atoms with Gasteiger partial charge in [0.25, 0.3) is 5.91 Å². The quantitative estimate of drug-likeness (QED) is 0.433. The average Bonchev–Trinajstić information content (AvgIpc) is 3.27. The number of hydrogen-bond donors (Lipinski definition) is 0. The van der Waals surface area contributed by atoms with Gasteiger partial charge in [-0.25, -0.2) is 9.97 Å². The molecule has 0 atom stereocenters. The molecule has 0 fully saturated rings. The summed E-state index contributed by atoms with van der Waals surface area (Å²) in [6.07, 6.45) is 1.67. The summed E-state index contributed by atoms with van der Waals surface area (Å²) in [5.74, 6) is 0.617. The Labute approximate surface area is 169 Å². The average molecular weight is 418 g/mol. The van der Waals surface area contributed by atoms with Gasteiger partial charge in [0.15, 0.2) is 6.61 Å². The lowest BCUT2D eigenvalue weighted by molar-refractivity contribution is -0.132. The SMILES string of the molecule is Cc1nc2c(cc(OCC(=O)N(C)Cc3ccc(Cl)nc3)c3ccsc32)s1. The van der Waals surface area contributed by atoms with E-state index in [4.69, 9.17) is 16.3 Å². The molecule has 3 aromatic heterocycles. The van der Waals surface area contributed by atoms with Crippen molar-refractivity contribution in [2.45, 2.75) is 13.5 Å². The Morgan fingerprint density at radius 2 is 2.19 bits per heavy atom. The molecule has 1 aromatic carbocycles. The third-order valence-electron chi connectivity index (χ3n) is 4.15. The lowest BCUT2D eigenvalue weighted by Gasteiger charge is -2.17. The first-order chi connectivity index (χ1) is 13.0. The van der Waals surface area contributed by atoms with Crippen molar-refractivity contribution in [2.24, 2.45) is 0 Å². The van der Waals surface area contributed by atoms with Crippen LogP contribution >= 0.6 is 34.3 Å². The number of pyridine rings is 1. The molecular weight excluding hydrogens is 402 g/mol. The van der Waals surface area contributed by atoms with Crippen LogP contribution in [0.3, 0.4) is 0 Å². The van der Waals surface area contributed by atoms with Crippen molar-refractivity contribution in [1.82, 2.24) is 14.9 Å². The van der Waals surface area contributed by atoms with E-state index in [1.807, 2.05) is 30.5 Å². The highest BCUT2D eigenvalue weighted by molar-refractivity contribution is 7.21. The zero-order chi connectivity index (χ0) is 19.0. The number of ether oxygens (including phenoxy) is 1. The van der Waals surface area contributed by atoms with Crippen molar-refractivity contribution in [1.29, 1.82) is 0 Å². The Morgan fingerprint density at radius 1 is 1.33 bits per heavy atom. The number of amides is 1. The van der Waals surface area contributed by atoms with E-state index in [9.17, 15) is 4.79 Å². The number of carbonyl (C=O) groups excluding carboxylic acids is 1. The molecule has 4 aromatic rings. The first-order valence-corrected chi connectivity index (χ1v) is 10.3. The van der Waals surface area contributed by atoms with Gasteiger partial charge < -0.3 is 9.64 Å². The van der Waals surface area contributed by atoms with Gasteiger partial charge in [-0.2, -0.15) is 0 Å². The van der Waals surface area contributed by atoms with E-state index in [0.29, 0.717) is 11.7 Å². The van der Waals surface area contributed by atoms with Crippen molar-refractivity contribution < 1.29 is 9.53 Å². The summed E-state index contributed by atoms with van der Waals surface area (Å²) in [5.41, 5.74) is 1.92. The second-order valence-corrected chi connectivity index (χ2v) is 8.68. The molecule has 8 heteroatoms. The standard InChI is InChI=1S/C19H16ClN3O2S2/c1-11-22-18-15(27-11)7-14(13-5-6-26-19(13)18)25-10-17(24)23(2)9-12-3-4-16(20)21-8-12/h3-8H,9-10H2,1-2H3. The number of aryl methyl sites for hydroxylation is 1. The first kappa shape index (κ1) is 18.2. The summed E-state index contributed by atoms with van der Waals surface area (Å²) in [6, 6.07) is 7.56. The minimum atomic E-state index is -0.103.